The summed E-state index contributed by atoms with van der Waals surface area (Å²) < 4.78 is 11.5. The number of benzene rings is 1. The molecule has 0 spiro atoms. The molecule has 5 heteroatoms. The Labute approximate surface area is 122 Å². The molecule has 0 radical (unpaired) electrons. The zero-order chi connectivity index (χ0) is 13.2. The van der Waals surface area contributed by atoms with E-state index in [1.807, 2.05) is 11.4 Å². The number of ether oxygens (including phenoxy) is 2. The van der Waals surface area contributed by atoms with E-state index >= 15 is 0 Å². The highest BCUT2D eigenvalue weighted by atomic mass is 79.9. The van der Waals surface area contributed by atoms with Gasteiger partial charge in [-0.15, -0.1) is 11.3 Å². The molecule has 0 saturated carbocycles. The molecule has 0 atom stereocenters. The summed E-state index contributed by atoms with van der Waals surface area (Å²) >= 11 is 4.97. The average molecular weight is 337 g/mol. The quantitative estimate of drug-likeness (QED) is 0.624. The van der Waals surface area contributed by atoms with Crippen LogP contribution in [0.1, 0.15) is 15.9 Å². The first-order chi connectivity index (χ1) is 9.22. The van der Waals surface area contributed by atoms with E-state index in [1.54, 1.807) is 41.7 Å². The number of hydrogen-bond donors (Lipinski definition) is 0. The fourth-order valence-corrected chi connectivity index (χ4v) is 2.87. The predicted octanol–water partition coefficient (Wildman–Crippen LogP) is 4.14. The van der Waals surface area contributed by atoms with Crippen molar-refractivity contribution in [2.45, 2.75) is 0 Å². The Morgan fingerprint density at radius 1 is 1.26 bits per heavy atom. The molecule has 3 rings (SSSR count). The van der Waals surface area contributed by atoms with E-state index in [2.05, 4.69) is 15.9 Å². The van der Waals surface area contributed by atoms with E-state index in [9.17, 15) is 4.79 Å². The highest BCUT2D eigenvalue weighted by Gasteiger charge is 2.14. The number of thiophene rings is 1. The molecule has 0 fully saturated rings. The van der Waals surface area contributed by atoms with Crippen LogP contribution in [-0.2, 0) is 0 Å². The lowest BCUT2D eigenvalue weighted by Gasteiger charge is -1.98. The summed E-state index contributed by atoms with van der Waals surface area (Å²) in [6.07, 6.45) is 3.36. The molecule has 1 aliphatic rings. The van der Waals surface area contributed by atoms with Gasteiger partial charge in [-0.3, -0.25) is 4.79 Å². The van der Waals surface area contributed by atoms with E-state index in [4.69, 9.17) is 9.47 Å². The Hall–Kier alpha value is -1.59. The first-order valence-corrected chi connectivity index (χ1v) is 7.26. The number of rotatable bonds is 3. The molecule has 1 aromatic heterocycles. The fourth-order valence-electron chi connectivity index (χ4n) is 1.73. The fraction of sp³-hybridized carbons (Fsp3) is 0.0714. The molecule has 2 heterocycles. The maximum atomic E-state index is 12.0. The van der Waals surface area contributed by atoms with Crippen LogP contribution in [0.4, 0.5) is 0 Å². The zero-order valence-corrected chi connectivity index (χ0v) is 12.2. The van der Waals surface area contributed by atoms with E-state index < -0.39 is 0 Å². The van der Waals surface area contributed by atoms with Gasteiger partial charge in [-0.1, -0.05) is 6.08 Å². The smallest absolute Gasteiger partial charge is 0.231 e. The van der Waals surface area contributed by atoms with Crippen LogP contribution >= 0.6 is 27.3 Å². The SMILES string of the molecule is O=C(/C=C/c1csc(Br)c1)c1ccc2c(c1)OCO2. The minimum atomic E-state index is -0.0550. The van der Waals surface area contributed by atoms with E-state index in [0.717, 1.165) is 9.35 Å². The lowest BCUT2D eigenvalue weighted by molar-refractivity contribution is 0.104. The zero-order valence-electron chi connectivity index (χ0n) is 9.76. The Morgan fingerprint density at radius 3 is 2.89 bits per heavy atom. The molecule has 0 bridgehead atoms. The lowest BCUT2D eigenvalue weighted by Crippen LogP contribution is -1.94. The number of hydrogen-bond acceptors (Lipinski definition) is 4. The van der Waals surface area contributed by atoms with Crippen molar-refractivity contribution < 1.29 is 14.3 Å². The first-order valence-electron chi connectivity index (χ1n) is 5.58. The maximum absolute atomic E-state index is 12.0. The van der Waals surface area contributed by atoms with E-state index in [-0.39, 0.29) is 12.6 Å². The highest BCUT2D eigenvalue weighted by Crippen LogP contribution is 2.32. The number of carbonyl (C=O) groups is 1. The third-order valence-corrected chi connectivity index (χ3v) is 4.19. The van der Waals surface area contributed by atoms with Crippen molar-refractivity contribution in [3.8, 4) is 11.5 Å². The Morgan fingerprint density at radius 2 is 2.11 bits per heavy atom. The molecule has 0 N–H and O–H groups in total. The summed E-state index contributed by atoms with van der Waals surface area (Å²) in [4.78, 5) is 12.0. The van der Waals surface area contributed by atoms with Gasteiger partial charge >= 0.3 is 0 Å². The van der Waals surface area contributed by atoms with Crippen molar-refractivity contribution in [1.82, 2.24) is 0 Å². The second kappa shape index (κ2) is 5.19. The van der Waals surface area contributed by atoms with E-state index in [1.165, 1.54) is 0 Å². The average Bonchev–Trinajstić information content (AvgIpc) is 3.03. The summed E-state index contributed by atoms with van der Waals surface area (Å²) in [5, 5.41) is 1.98. The van der Waals surface area contributed by atoms with Gasteiger partial charge in [-0.2, -0.15) is 0 Å². The van der Waals surface area contributed by atoms with Gasteiger partial charge in [-0.25, -0.2) is 0 Å². The van der Waals surface area contributed by atoms with Crippen LogP contribution in [0.15, 0.2) is 39.5 Å². The molecule has 0 unspecified atom stereocenters. The van der Waals surface area contributed by atoms with Gasteiger partial charge in [0.25, 0.3) is 0 Å². The second-order valence-electron chi connectivity index (χ2n) is 3.95. The molecule has 3 nitrogen and oxygen atoms in total. The van der Waals surface area contributed by atoms with Gasteiger partial charge in [0.05, 0.1) is 3.79 Å². The number of carbonyl (C=O) groups excluding carboxylic acids is 1. The predicted molar refractivity (Wildman–Crippen MR) is 77.9 cm³/mol. The van der Waals surface area contributed by atoms with Crippen molar-refractivity contribution in [3.63, 3.8) is 0 Å². The topological polar surface area (TPSA) is 35.5 Å². The molecule has 1 aromatic carbocycles. The molecular weight excluding hydrogens is 328 g/mol. The normalized spacial score (nSPS) is 13.1. The van der Waals surface area contributed by atoms with Gasteiger partial charge in [0.1, 0.15) is 0 Å². The van der Waals surface area contributed by atoms with Crippen LogP contribution < -0.4 is 9.47 Å². The molecule has 0 saturated heterocycles. The number of allylic oxidation sites excluding steroid dienone is 1. The van der Waals surface area contributed by atoms with Crippen LogP contribution in [0.5, 0.6) is 11.5 Å². The van der Waals surface area contributed by atoms with Crippen LogP contribution in [0.25, 0.3) is 6.08 Å². The van der Waals surface area contributed by atoms with Crippen molar-refractivity contribution in [3.05, 3.63) is 50.6 Å². The summed E-state index contributed by atoms with van der Waals surface area (Å²) in [5.41, 5.74) is 1.60. The van der Waals surface area contributed by atoms with Crippen LogP contribution in [0, 0.1) is 0 Å². The molecule has 19 heavy (non-hydrogen) atoms. The molecular formula is C14H9BrO3S. The summed E-state index contributed by atoms with van der Waals surface area (Å²) in [6.45, 7) is 0.214. The third-order valence-electron chi connectivity index (χ3n) is 2.67. The van der Waals surface area contributed by atoms with Gasteiger partial charge in [0, 0.05) is 5.56 Å². The lowest BCUT2D eigenvalue weighted by atomic mass is 10.1. The molecule has 0 amide bonds. The van der Waals surface area contributed by atoms with Crippen LogP contribution in [0.3, 0.4) is 0 Å². The number of fused-ring (bicyclic) bond motifs is 1. The van der Waals surface area contributed by atoms with Crippen molar-refractivity contribution in [2.75, 3.05) is 6.79 Å². The summed E-state index contributed by atoms with van der Waals surface area (Å²) in [7, 11) is 0. The van der Waals surface area contributed by atoms with Gasteiger partial charge in [0.2, 0.25) is 6.79 Å². The van der Waals surface area contributed by atoms with Crippen LogP contribution in [-0.4, -0.2) is 12.6 Å². The summed E-state index contributed by atoms with van der Waals surface area (Å²) in [6, 6.07) is 7.17. The first kappa shape index (κ1) is 12.4. The Kier molecular flexibility index (Phi) is 3.40. The standard InChI is InChI=1S/C14H9BrO3S/c15-14-5-9(7-19-14)1-3-11(16)10-2-4-12-13(6-10)18-8-17-12/h1-7H,8H2/b3-1+. The van der Waals surface area contributed by atoms with Crippen molar-refractivity contribution >= 4 is 39.1 Å². The Balaban J connectivity index is 1.79. The number of halogens is 1. The van der Waals surface area contributed by atoms with Crippen molar-refractivity contribution in [2.24, 2.45) is 0 Å². The minimum Gasteiger partial charge on any atom is -0.454 e. The summed E-state index contributed by atoms with van der Waals surface area (Å²) in [5.74, 6) is 1.25. The third kappa shape index (κ3) is 2.72. The number of ketones is 1. The monoisotopic (exact) mass is 336 g/mol. The van der Waals surface area contributed by atoms with Crippen LogP contribution in [0.2, 0.25) is 0 Å². The molecule has 2 aromatic rings. The highest BCUT2D eigenvalue weighted by molar-refractivity contribution is 9.11. The van der Waals surface area contributed by atoms with Gasteiger partial charge in [-0.05, 0) is 57.2 Å². The van der Waals surface area contributed by atoms with Gasteiger partial charge in [0.15, 0.2) is 17.3 Å². The Bertz CT molecular complexity index is 660. The van der Waals surface area contributed by atoms with Gasteiger partial charge < -0.3 is 9.47 Å². The second-order valence-corrected chi connectivity index (χ2v) is 6.24. The molecule has 96 valence electrons. The maximum Gasteiger partial charge on any atom is 0.231 e. The van der Waals surface area contributed by atoms with Crippen molar-refractivity contribution in [1.29, 1.82) is 0 Å². The van der Waals surface area contributed by atoms with E-state index in [0.29, 0.717) is 17.1 Å². The minimum absolute atomic E-state index is 0.0550. The molecule has 1 aliphatic heterocycles. The largest absolute Gasteiger partial charge is 0.454 e. The molecule has 0 aliphatic carbocycles.